The molecule has 2 rings (SSSR count). The Morgan fingerprint density at radius 1 is 0.783 bits per heavy atom. The Labute approximate surface area is 407 Å². The maximum Gasteiger partial charge on any atom is 0.337 e. The predicted molar refractivity (Wildman–Crippen MR) is 261 cm³/mol. The largest absolute Gasteiger partial charge is 0.479 e. The third-order valence-corrected chi connectivity index (χ3v) is 11.2. The molecule has 1 aliphatic carbocycles. The molecular weight excluding hydrogens is 889 g/mol. The van der Waals surface area contributed by atoms with E-state index in [2.05, 4.69) is 49.5 Å². The van der Waals surface area contributed by atoms with Crippen LogP contribution in [0, 0.1) is 23.2 Å². The van der Waals surface area contributed by atoms with E-state index in [1.54, 1.807) is 67.5 Å². The van der Waals surface area contributed by atoms with Crippen LogP contribution >= 0.6 is 0 Å². The van der Waals surface area contributed by atoms with E-state index in [-0.39, 0.29) is 42.2 Å². The highest BCUT2D eigenvalue weighted by atomic mass is 16.7. The minimum absolute atomic E-state index is 0.0675. The highest BCUT2D eigenvalue weighted by Gasteiger charge is 2.55. The van der Waals surface area contributed by atoms with E-state index in [1.165, 1.54) is 0 Å². The fourth-order valence-corrected chi connectivity index (χ4v) is 7.52. The van der Waals surface area contributed by atoms with E-state index >= 15 is 0 Å². The van der Waals surface area contributed by atoms with E-state index in [4.69, 9.17) is 34.8 Å². The fraction of sp³-hybridized carbons (Fsp3) is 0.538. The van der Waals surface area contributed by atoms with Crippen LogP contribution in [0.2, 0.25) is 0 Å². The quantitative estimate of drug-likeness (QED) is 0.00770. The third-order valence-electron chi connectivity index (χ3n) is 11.2. The molecule has 1 saturated heterocycles. The van der Waals surface area contributed by atoms with Gasteiger partial charge in [-0.15, -0.1) is 0 Å². The average molecular weight is 963 g/mol. The number of ether oxygens (including phenoxy) is 5. The summed E-state index contributed by atoms with van der Waals surface area (Å²) in [7, 11) is 1.81. The minimum atomic E-state index is -1.85. The van der Waals surface area contributed by atoms with E-state index in [1.807, 2.05) is 19.9 Å². The molecular formula is C52H74N4O13. The second kappa shape index (κ2) is 31.0. The van der Waals surface area contributed by atoms with Crippen LogP contribution in [0.4, 0.5) is 0 Å². The molecule has 5 N–H and O–H groups in total. The number of carboxylic acids is 1. The van der Waals surface area contributed by atoms with Crippen LogP contribution in [-0.4, -0.2) is 114 Å². The number of Topliss-reactive ketones (excluding diaryl/α,β-unsaturated/α-hetero) is 2. The van der Waals surface area contributed by atoms with Crippen molar-refractivity contribution in [2.75, 3.05) is 13.6 Å². The zero-order valence-electron chi connectivity index (χ0n) is 41.6. The van der Waals surface area contributed by atoms with Crippen LogP contribution in [0.5, 0.6) is 0 Å². The summed E-state index contributed by atoms with van der Waals surface area (Å²) in [5, 5.41) is 20.1. The fourth-order valence-electron chi connectivity index (χ4n) is 7.52. The molecule has 1 amide bonds. The number of hydrogen-bond donors (Lipinski definition) is 4. The molecule has 17 nitrogen and oxygen atoms in total. The highest BCUT2D eigenvalue weighted by molar-refractivity contribution is 6.15. The Hall–Kier alpha value is -6.20. The molecule has 0 aromatic heterocycles. The van der Waals surface area contributed by atoms with Crippen LogP contribution in [0.1, 0.15) is 107 Å². The number of carboxylic acid groups (broad SMARTS) is 1. The first-order chi connectivity index (χ1) is 32.6. The van der Waals surface area contributed by atoms with Crippen molar-refractivity contribution in [3.63, 3.8) is 0 Å². The summed E-state index contributed by atoms with van der Waals surface area (Å²) in [4.78, 5) is 87.3. The van der Waals surface area contributed by atoms with Crippen LogP contribution in [0.15, 0.2) is 96.2 Å². The SMILES string of the molecule is CC(=O)OC1C(OC(C(C)=CC(C)CCCC=CC(C)CC=CCCCN(C)C(=N)N)C(C)/C=C/C=C/C=C/C=CC=C(C)C(=O)NC2C(=O)CCC2=O)OC(C(=O)O)C(OC(C)=O)C1OC(C)=O. The molecule has 1 aliphatic heterocycles. The van der Waals surface area contributed by atoms with E-state index in [9.17, 15) is 38.7 Å². The molecule has 1 saturated carbocycles. The monoisotopic (exact) mass is 963 g/mol. The van der Waals surface area contributed by atoms with Crippen LogP contribution in [-0.2, 0) is 57.2 Å². The van der Waals surface area contributed by atoms with Gasteiger partial charge in [0.25, 0.3) is 0 Å². The van der Waals surface area contributed by atoms with Gasteiger partial charge in [0.2, 0.25) is 12.2 Å². The smallest absolute Gasteiger partial charge is 0.337 e. The zero-order valence-corrected chi connectivity index (χ0v) is 41.6. The van der Waals surface area contributed by atoms with E-state index in [0.29, 0.717) is 11.5 Å². The summed E-state index contributed by atoms with van der Waals surface area (Å²) in [6.45, 7) is 13.6. The van der Waals surface area contributed by atoms with Gasteiger partial charge in [-0.05, 0) is 69.8 Å². The number of amides is 1. The lowest BCUT2D eigenvalue weighted by atomic mass is 9.92. The molecule has 17 heteroatoms. The molecule has 9 unspecified atom stereocenters. The number of unbranched alkanes of at least 4 members (excludes halogenated alkanes) is 2. The average Bonchev–Trinajstić information content (AvgIpc) is 3.58. The van der Waals surface area contributed by atoms with Gasteiger partial charge < -0.3 is 44.7 Å². The topological polar surface area (TPSA) is 251 Å². The lowest BCUT2D eigenvalue weighted by Crippen LogP contribution is -2.64. The summed E-state index contributed by atoms with van der Waals surface area (Å²) < 4.78 is 28.8. The molecule has 1 heterocycles. The van der Waals surface area contributed by atoms with Crippen LogP contribution in [0.3, 0.4) is 0 Å². The van der Waals surface area contributed by atoms with Crippen molar-refractivity contribution in [1.82, 2.24) is 10.2 Å². The number of nitrogens with two attached hydrogens (primary N) is 1. The van der Waals surface area contributed by atoms with E-state index < -0.39 is 72.6 Å². The van der Waals surface area contributed by atoms with Crippen molar-refractivity contribution < 1.29 is 62.4 Å². The molecule has 0 aromatic rings. The van der Waals surface area contributed by atoms with E-state index in [0.717, 1.165) is 71.4 Å². The number of carbonyl (C=O) groups is 7. The summed E-state index contributed by atoms with van der Waals surface area (Å²) in [5.74, 6) is -4.96. The van der Waals surface area contributed by atoms with Crippen molar-refractivity contribution >= 4 is 47.3 Å². The number of rotatable bonds is 27. The van der Waals surface area contributed by atoms with Gasteiger partial charge in [0.1, 0.15) is 6.04 Å². The summed E-state index contributed by atoms with van der Waals surface area (Å²) in [5.41, 5.74) is 6.60. The van der Waals surface area contributed by atoms with Gasteiger partial charge >= 0.3 is 23.9 Å². The number of ketones is 2. The Balaban J connectivity index is 2.27. The van der Waals surface area contributed by atoms with Gasteiger partial charge in [-0.2, -0.15) is 0 Å². The maximum absolute atomic E-state index is 12.6. The number of aliphatic carboxylic acids is 1. The summed E-state index contributed by atoms with van der Waals surface area (Å²) in [6.07, 6.45) is 23.2. The highest BCUT2D eigenvalue weighted by Crippen LogP contribution is 2.33. The van der Waals surface area contributed by atoms with Crippen molar-refractivity contribution in [2.24, 2.45) is 23.5 Å². The Morgan fingerprint density at radius 3 is 1.94 bits per heavy atom. The van der Waals surface area contributed by atoms with Crippen molar-refractivity contribution in [2.45, 2.75) is 150 Å². The number of carbonyl (C=O) groups excluding carboxylic acids is 6. The predicted octanol–water partition coefficient (Wildman–Crippen LogP) is 6.70. The van der Waals surface area contributed by atoms with Gasteiger partial charge in [0.15, 0.2) is 41.9 Å². The molecule has 0 bridgehead atoms. The Morgan fingerprint density at radius 2 is 1.35 bits per heavy atom. The van der Waals surface area contributed by atoms with Crippen molar-refractivity contribution in [3.8, 4) is 0 Å². The minimum Gasteiger partial charge on any atom is -0.479 e. The number of esters is 3. The summed E-state index contributed by atoms with van der Waals surface area (Å²) >= 11 is 0. The van der Waals surface area contributed by atoms with Gasteiger partial charge in [-0.3, -0.25) is 34.2 Å². The lowest BCUT2D eigenvalue weighted by molar-refractivity contribution is -0.309. The Bertz CT molecular complexity index is 2020. The third kappa shape index (κ3) is 22.2. The zero-order chi connectivity index (χ0) is 51.6. The summed E-state index contributed by atoms with van der Waals surface area (Å²) in [6, 6.07) is -1.08. The van der Waals surface area contributed by atoms with Gasteiger partial charge in [0.05, 0.1) is 6.10 Å². The number of hydrogen-bond acceptors (Lipinski definition) is 13. The molecule has 2 aliphatic rings. The number of allylic oxidation sites excluding steroid dienone is 13. The number of guanidine groups is 1. The first-order valence-corrected chi connectivity index (χ1v) is 23.4. The number of nitrogens with zero attached hydrogens (tertiary/aromatic N) is 1. The second-order valence-electron chi connectivity index (χ2n) is 17.5. The standard InChI is InChI=1S/C52H74N4O13/c1-33(24-18-15-16-23-31-56(9)52(53)54)25-19-17-20-26-34(2)32-37(5)44(68-51-48(67-40(8)59)46(66-39(7)58)45(65-38(6)57)47(69-51)50(63)64)35(3)27-21-13-11-10-12-14-22-28-36(4)49(62)55-43-41(60)29-30-42(43)61/h10-15,18-19,21-22,25,27-28,32-35,43-48,51H,16-17,20,23-24,26,29-31H2,1-9H3,(H3,53,54)(H,55,62)(H,63,64)/b12-10+,13-11+,18-15?,22-14?,25-19?,27-21+,36-28?,37-32?. The molecule has 0 radical (unpaired) electrons. The van der Waals surface area contributed by atoms with Crippen LogP contribution in [0.25, 0.3) is 0 Å². The lowest BCUT2D eigenvalue weighted by Gasteiger charge is -2.44. The van der Waals surface area contributed by atoms with Gasteiger partial charge in [0, 0.05) is 58.7 Å². The van der Waals surface area contributed by atoms with Crippen molar-refractivity contribution in [3.05, 3.63) is 96.2 Å². The first-order valence-electron chi connectivity index (χ1n) is 23.4. The molecule has 380 valence electrons. The van der Waals surface area contributed by atoms with Crippen LogP contribution < -0.4 is 11.1 Å². The Kier molecular flexibility index (Phi) is 26.5. The molecule has 9 atom stereocenters. The maximum atomic E-state index is 12.6. The number of nitrogens with one attached hydrogen (secondary N) is 2. The van der Waals surface area contributed by atoms with Crippen molar-refractivity contribution in [1.29, 1.82) is 5.41 Å². The molecule has 0 aromatic carbocycles. The normalized spacial score (nSPS) is 22.5. The molecule has 0 spiro atoms. The van der Waals surface area contributed by atoms with Gasteiger partial charge in [-0.1, -0.05) is 106 Å². The molecule has 2 fully saturated rings. The van der Waals surface area contributed by atoms with Gasteiger partial charge in [-0.25, -0.2) is 4.79 Å². The second-order valence-corrected chi connectivity index (χ2v) is 17.5. The molecule has 69 heavy (non-hydrogen) atoms. The first kappa shape index (κ1) is 58.9.